The van der Waals surface area contributed by atoms with Crippen molar-refractivity contribution >= 4 is 5.69 Å². The van der Waals surface area contributed by atoms with Gasteiger partial charge in [0.2, 0.25) is 0 Å². The molecule has 1 saturated carbocycles. The van der Waals surface area contributed by atoms with Crippen molar-refractivity contribution < 1.29 is 0 Å². The number of nitrogens with zero attached hydrogens (tertiary/aromatic N) is 2. The number of anilines is 1. The standard InChI is InChI=1S/C17H29N3/c1-12-7-14(12)11-20(6)16-8-13(2)18-9-15(16)10-19-17(3,4)5/h8-9,12,14,19H,7,10-11H2,1-6H3. The smallest absolute Gasteiger partial charge is 0.0443 e. The predicted octanol–water partition coefficient (Wildman–Crippen LogP) is 3.37. The van der Waals surface area contributed by atoms with Crippen molar-refractivity contribution in [3.8, 4) is 0 Å². The maximum atomic E-state index is 4.47. The van der Waals surface area contributed by atoms with Crippen LogP contribution in [0.5, 0.6) is 0 Å². The molecule has 0 radical (unpaired) electrons. The summed E-state index contributed by atoms with van der Waals surface area (Å²) in [5.41, 5.74) is 3.84. The van der Waals surface area contributed by atoms with E-state index in [1.165, 1.54) is 17.7 Å². The Bertz CT molecular complexity index is 462. The molecule has 3 nitrogen and oxygen atoms in total. The predicted molar refractivity (Wildman–Crippen MR) is 86.1 cm³/mol. The summed E-state index contributed by atoms with van der Waals surface area (Å²) >= 11 is 0. The van der Waals surface area contributed by atoms with Gasteiger partial charge in [0.1, 0.15) is 0 Å². The molecule has 2 unspecified atom stereocenters. The molecule has 0 amide bonds. The fraction of sp³-hybridized carbons (Fsp3) is 0.706. The number of rotatable bonds is 5. The van der Waals surface area contributed by atoms with Crippen molar-refractivity contribution in [1.82, 2.24) is 10.3 Å². The molecule has 1 aromatic rings. The zero-order chi connectivity index (χ0) is 14.9. The van der Waals surface area contributed by atoms with Gasteiger partial charge in [-0.15, -0.1) is 0 Å². The SMILES string of the molecule is Cc1cc(N(C)CC2CC2C)c(CNC(C)(C)C)cn1. The normalized spacial score (nSPS) is 21.9. The number of aryl methyl sites for hydroxylation is 1. The van der Waals surface area contributed by atoms with Crippen LogP contribution in [-0.2, 0) is 6.54 Å². The minimum atomic E-state index is 0.131. The van der Waals surface area contributed by atoms with Crippen LogP contribution in [-0.4, -0.2) is 24.1 Å². The highest BCUT2D eigenvalue weighted by molar-refractivity contribution is 5.53. The van der Waals surface area contributed by atoms with Gasteiger partial charge in [-0.1, -0.05) is 6.92 Å². The average molecular weight is 275 g/mol. The van der Waals surface area contributed by atoms with Gasteiger partial charge in [0, 0.05) is 48.8 Å². The summed E-state index contributed by atoms with van der Waals surface area (Å²) in [6.45, 7) is 13.0. The molecular weight excluding hydrogens is 246 g/mol. The van der Waals surface area contributed by atoms with E-state index in [-0.39, 0.29) is 5.54 Å². The second-order valence-electron chi connectivity index (χ2n) is 7.41. The summed E-state index contributed by atoms with van der Waals surface area (Å²) in [7, 11) is 2.21. The van der Waals surface area contributed by atoms with Gasteiger partial charge in [0.05, 0.1) is 0 Å². The molecule has 2 rings (SSSR count). The highest BCUT2D eigenvalue weighted by Crippen LogP contribution is 2.39. The summed E-state index contributed by atoms with van der Waals surface area (Å²) in [5, 5.41) is 3.56. The van der Waals surface area contributed by atoms with Crippen LogP contribution in [0.25, 0.3) is 0 Å². The number of nitrogens with one attached hydrogen (secondary N) is 1. The van der Waals surface area contributed by atoms with Crippen LogP contribution in [0.4, 0.5) is 5.69 Å². The monoisotopic (exact) mass is 275 g/mol. The summed E-state index contributed by atoms with van der Waals surface area (Å²) < 4.78 is 0. The number of aromatic nitrogens is 1. The van der Waals surface area contributed by atoms with E-state index in [1.54, 1.807) is 0 Å². The second kappa shape index (κ2) is 5.72. The van der Waals surface area contributed by atoms with E-state index in [9.17, 15) is 0 Å². The van der Waals surface area contributed by atoms with Crippen LogP contribution in [0, 0.1) is 18.8 Å². The van der Waals surface area contributed by atoms with Gasteiger partial charge in [-0.3, -0.25) is 4.98 Å². The molecule has 0 aliphatic heterocycles. The summed E-state index contributed by atoms with van der Waals surface area (Å²) in [5.74, 6) is 1.77. The van der Waals surface area contributed by atoms with Crippen molar-refractivity contribution in [3.63, 3.8) is 0 Å². The zero-order valence-electron chi connectivity index (χ0n) is 13.8. The van der Waals surface area contributed by atoms with Gasteiger partial charge >= 0.3 is 0 Å². The molecule has 1 aromatic heterocycles. The fourth-order valence-electron chi connectivity index (χ4n) is 2.53. The van der Waals surface area contributed by atoms with Gasteiger partial charge in [0.25, 0.3) is 0 Å². The zero-order valence-corrected chi connectivity index (χ0v) is 13.8. The first kappa shape index (κ1) is 15.3. The molecule has 1 N–H and O–H groups in total. The van der Waals surface area contributed by atoms with E-state index < -0.39 is 0 Å². The summed E-state index contributed by atoms with van der Waals surface area (Å²) in [6, 6.07) is 2.22. The van der Waals surface area contributed by atoms with Gasteiger partial charge in [-0.25, -0.2) is 0 Å². The molecule has 0 saturated heterocycles. The van der Waals surface area contributed by atoms with Crippen LogP contribution in [0.3, 0.4) is 0 Å². The van der Waals surface area contributed by atoms with Crippen molar-refractivity contribution in [1.29, 1.82) is 0 Å². The van der Waals surface area contributed by atoms with Crippen molar-refractivity contribution in [2.24, 2.45) is 11.8 Å². The Balaban J connectivity index is 2.10. The highest BCUT2D eigenvalue weighted by atomic mass is 15.1. The van der Waals surface area contributed by atoms with Crippen molar-refractivity contribution in [2.75, 3.05) is 18.5 Å². The molecule has 0 aromatic carbocycles. The quantitative estimate of drug-likeness (QED) is 0.893. The van der Waals surface area contributed by atoms with Crippen LogP contribution in [0.1, 0.15) is 45.4 Å². The largest absolute Gasteiger partial charge is 0.374 e. The van der Waals surface area contributed by atoms with E-state index in [2.05, 4.69) is 62.9 Å². The Labute approximate surface area is 123 Å². The molecule has 0 bridgehead atoms. The Morgan fingerprint density at radius 2 is 2.05 bits per heavy atom. The Morgan fingerprint density at radius 3 is 2.60 bits per heavy atom. The van der Waals surface area contributed by atoms with E-state index in [1.807, 2.05) is 6.20 Å². The molecule has 3 heteroatoms. The third-order valence-corrected chi connectivity index (χ3v) is 4.10. The van der Waals surface area contributed by atoms with Gasteiger partial charge < -0.3 is 10.2 Å². The van der Waals surface area contributed by atoms with Crippen LogP contribution >= 0.6 is 0 Å². The van der Waals surface area contributed by atoms with E-state index >= 15 is 0 Å². The van der Waals surface area contributed by atoms with E-state index in [0.29, 0.717) is 0 Å². The lowest BCUT2D eigenvalue weighted by Crippen LogP contribution is -2.35. The highest BCUT2D eigenvalue weighted by Gasteiger charge is 2.33. The summed E-state index contributed by atoms with van der Waals surface area (Å²) in [6.07, 6.45) is 3.40. The molecule has 0 spiro atoms. The topological polar surface area (TPSA) is 28.2 Å². The number of hydrogen-bond acceptors (Lipinski definition) is 3. The fourth-order valence-corrected chi connectivity index (χ4v) is 2.53. The Hall–Kier alpha value is -1.09. The number of pyridine rings is 1. The summed E-state index contributed by atoms with van der Waals surface area (Å²) in [4.78, 5) is 6.87. The molecule has 1 aliphatic carbocycles. The molecular formula is C17H29N3. The first-order valence-electron chi connectivity index (χ1n) is 7.68. The minimum absolute atomic E-state index is 0.131. The molecule has 112 valence electrons. The molecule has 1 fully saturated rings. The third kappa shape index (κ3) is 4.20. The minimum Gasteiger partial charge on any atom is -0.374 e. The first-order chi connectivity index (χ1) is 9.26. The van der Waals surface area contributed by atoms with Crippen LogP contribution in [0.15, 0.2) is 12.3 Å². The lowest BCUT2D eigenvalue weighted by Gasteiger charge is -2.26. The molecule has 1 aliphatic rings. The van der Waals surface area contributed by atoms with Gasteiger partial charge in [0.15, 0.2) is 0 Å². The lowest BCUT2D eigenvalue weighted by atomic mass is 10.1. The first-order valence-corrected chi connectivity index (χ1v) is 7.68. The van der Waals surface area contributed by atoms with E-state index in [4.69, 9.17) is 0 Å². The second-order valence-corrected chi connectivity index (χ2v) is 7.41. The Morgan fingerprint density at radius 1 is 1.40 bits per heavy atom. The van der Waals surface area contributed by atoms with Crippen molar-refractivity contribution in [2.45, 2.75) is 53.1 Å². The van der Waals surface area contributed by atoms with Crippen LogP contribution in [0.2, 0.25) is 0 Å². The Kier molecular flexibility index (Phi) is 4.38. The lowest BCUT2D eigenvalue weighted by molar-refractivity contribution is 0.424. The molecule has 1 heterocycles. The van der Waals surface area contributed by atoms with Gasteiger partial charge in [-0.2, -0.15) is 0 Å². The molecule has 2 atom stereocenters. The maximum Gasteiger partial charge on any atom is 0.0443 e. The number of hydrogen-bond donors (Lipinski definition) is 1. The van der Waals surface area contributed by atoms with E-state index in [0.717, 1.165) is 30.6 Å². The average Bonchev–Trinajstić information content (AvgIpc) is 3.02. The van der Waals surface area contributed by atoms with Gasteiger partial charge in [-0.05, 0) is 52.0 Å². The maximum absolute atomic E-state index is 4.47. The third-order valence-electron chi connectivity index (χ3n) is 4.10. The molecule has 20 heavy (non-hydrogen) atoms. The van der Waals surface area contributed by atoms with Crippen LogP contribution < -0.4 is 10.2 Å². The van der Waals surface area contributed by atoms with Crippen molar-refractivity contribution in [3.05, 3.63) is 23.5 Å².